The van der Waals surface area contributed by atoms with Crippen LogP contribution in [0.5, 0.6) is 0 Å². The monoisotopic (exact) mass is 244 g/mol. The predicted molar refractivity (Wildman–Crippen MR) is 64.6 cm³/mol. The molecule has 0 aromatic rings. The zero-order valence-electron chi connectivity index (χ0n) is 11.2. The third kappa shape index (κ3) is 3.96. The first-order valence-electron chi connectivity index (χ1n) is 6.36. The van der Waals surface area contributed by atoms with Crippen LogP contribution in [0.4, 0.5) is 0 Å². The van der Waals surface area contributed by atoms with Gasteiger partial charge in [-0.2, -0.15) is 0 Å². The van der Waals surface area contributed by atoms with Crippen LogP contribution >= 0.6 is 0 Å². The molecule has 0 amide bonds. The highest BCUT2D eigenvalue weighted by Gasteiger charge is 2.37. The highest BCUT2D eigenvalue weighted by molar-refractivity contribution is 5.72. The van der Waals surface area contributed by atoms with Crippen LogP contribution in [0, 0.1) is 11.8 Å². The van der Waals surface area contributed by atoms with E-state index in [4.69, 9.17) is 9.47 Å². The Morgan fingerprint density at radius 2 is 2.24 bits per heavy atom. The van der Waals surface area contributed by atoms with Crippen molar-refractivity contribution in [3.05, 3.63) is 0 Å². The van der Waals surface area contributed by atoms with Gasteiger partial charge in [0, 0.05) is 6.61 Å². The number of hydrogen-bond acceptors (Lipinski definition) is 4. The van der Waals surface area contributed by atoms with Crippen molar-refractivity contribution in [2.24, 2.45) is 11.8 Å². The molecular weight excluding hydrogens is 220 g/mol. The summed E-state index contributed by atoms with van der Waals surface area (Å²) in [6, 6.07) is 0. The van der Waals surface area contributed by atoms with E-state index in [9.17, 15) is 9.90 Å². The van der Waals surface area contributed by atoms with Gasteiger partial charge in [-0.25, -0.2) is 0 Å². The van der Waals surface area contributed by atoms with E-state index in [1.807, 2.05) is 13.8 Å². The van der Waals surface area contributed by atoms with E-state index in [2.05, 4.69) is 0 Å². The van der Waals surface area contributed by atoms with Crippen molar-refractivity contribution in [2.45, 2.75) is 52.2 Å². The molecule has 0 bridgehead atoms. The fourth-order valence-corrected chi connectivity index (χ4v) is 2.39. The van der Waals surface area contributed by atoms with Gasteiger partial charge in [-0.15, -0.1) is 0 Å². The van der Waals surface area contributed by atoms with E-state index < -0.39 is 12.0 Å². The first-order valence-corrected chi connectivity index (χ1v) is 6.36. The summed E-state index contributed by atoms with van der Waals surface area (Å²) in [7, 11) is 0. The number of carbonyl (C=O) groups excluding carboxylic acids is 1. The van der Waals surface area contributed by atoms with Crippen molar-refractivity contribution in [3.8, 4) is 0 Å². The lowest BCUT2D eigenvalue weighted by Crippen LogP contribution is -2.42. The van der Waals surface area contributed by atoms with E-state index in [0.29, 0.717) is 13.2 Å². The zero-order chi connectivity index (χ0) is 13.1. The molecule has 3 atom stereocenters. The normalized spacial score (nSPS) is 27.2. The van der Waals surface area contributed by atoms with Crippen molar-refractivity contribution in [2.75, 3.05) is 13.2 Å². The van der Waals surface area contributed by atoms with Gasteiger partial charge < -0.3 is 14.6 Å². The predicted octanol–water partition coefficient (Wildman–Crippen LogP) is 1.75. The van der Waals surface area contributed by atoms with Crippen LogP contribution in [0.1, 0.15) is 40.5 Å². The van der Waals surface area contributed by atoms with Crippen molar-refractivity contribution in [1.29, 1.82) is 0 Å². The average molecular weight is 244 g/mol. The average Bonchev–Trinajstić information content (AvgIpc) is 2.26. The van der Waals surface area contributed by atoms with E-state index in [0.717, 1.165) is 12.8 Å². The van der Waals surface area contributed by atoms with Crippen LogP contribution in [-0.2, 0) is 14.3 Å². The molecular formula is C13H24O4. The Morgan fingerprint density at radius 3 is 2.76 bits per heavy atom. The molecule has 0 radical (unpaired) electrons. The molecule has 100 valence electrons. The molecule has 0 aromatic carbocycles. The quantitative estimate of drug-likeness (QED) is 0.765. The minimum absolute atomic E-state index is 0.109. The molecule has 1 N–H and O–H groups in total. The number of aliphatic hydroxyl groups excluding tert-OH is 1. The highest BCUT2D eigenvalue weighted by Crippen LogP contribution is 2.33. The van der Waals surface area contributed by atoms with Crippen LogP contribution in [0.25, 0.3) is 0 Å². The molecule has 0 spiro atoms. The van der Waals surface area contributed by atoms with Crippen LogP contribution in [0.15, 0.2) is 0 Å². The van der Waals surface area contributed by atoms with Crippen molar-refractivity contribution >= 4 is 5.97 Å². The number of rotatable bonds is 4. The van der Waals surface area contributed by atoms with Gasteiger partial charge in [0.05, 0.1) is 24.2 Å². The van der Waals surface area contributed by atoms with E-state index in [1.54, 1.807) is 13.8 Å². The molecule has 1 rings (SSSR count). The molecule has 0 aliphatic carbocycles. The second-order valence-corrected chi connectivity index (χ2v) is 5.39. The SMILES string of the molecule is CCOC(=O)C(C)C(O)C1CCOC(C)(C)C1. The molecule has 4 heteroatoms. The number of esters is 1. The maximum Gasteiger partial charge on any atom is 0.311 e. The number of carbonyl (C=O) groups is 1. The molecule has 1 aliphatic heterocycles. The van der Waals surface area contributed by atoms with Gasteiger partial charge in [-0.3, -0.25) is 4.79 Å². The third-order valence-corrected chi connectivity index (χ3v) is 3.39. The van der Waals surface area contributed by atoms with Gasteiger partial charge in [0.25, 0.3) is 0 Å². The van der Waals surface area contributed by atoms with Gasteiger partial charge in [0.15, 0.2) is 0 Å². The summed E-state index contributed by atoms with van der Waals surface area (Å²) in [5.41, 5.74) is -0.210. The Balaban J connectivity index is 2.56. The molecule has 1 saturated heterocycles. The lowest BCUT2D eigenvalue weighted by molar-refractivity contribution is -0.156. The molecule has 0 saturated carbocycles. The Hall–Kier alpha value is -0.610. The second kappa shape index (κ2) is 5.83. The summed E-state index contributed by atoms with van der Waals surface area (Å²) in [6.45, 7) is 8.53. The van der Waals surface area contributed by atoms with Gasteiger partial charge in [0.1, 0.15) is 0 Å². The van der Waals surface area contributed by atoms with Crippen molar-refractivity contribution < 1.29 is 19.4 Å². The summed E-state index contributed by atoms with van der Waals surface area (Å²) in [4.78, 5) is 11.6. The Kier molecular flexibility index (Phi) is 4.95. The summed E-state index contributed by atoms with van der Waals surface area (Å²) in [5.74, 6) is -0.670. The molecule has 1 fully saturated rings. The third-order valence-electron chi connectivity index (χ3n) is 3.39. The van der Waals surface area contributed by atoms with Gasteiger partial charge in [-0.1, -0.05) is 0 Å². The minimum atomic E-state index is -0.641. The second-order valence-electron chi connectivity index (χ2n) is 5.39. The molecule has 1 heterocycles. The molecule has 1 aliphatic rings. The lowest BCUT2D eigenvalue weighted by Gasteiger charge is -2.38. The van der Waals surface area contributed by atoms with Crippen LogP contribution < -0.4 is 0 Å². The summed E-state index contributed by atoms with van der Waals surface area (Å²) in [5, 5.41) is 10.2. The summed E-state index contributed by atoms with van der Waals surface area (Å²) < 4.78 is 10.5. The topological polar surface area (TPSA) is 55.8 Å². The molecule has 0 aromatic heterocycles. The highest BCUT2D eigenvalue weighted by atomic mass is 16.5. The van der Waals surface area contributed by atoms with Crippen LogP contribution in [-0.4, -0.2) is 36.0 Å². The minimum Gasteiger partial charge on any atom is -0.466 e. The number of ether oxygens (including phenoxy) is 2. The summed E-state index contributed by atoms with van der Waals surface area (Å²) >= 11 is 0. The molecule has 17 heavy (non-hydrogen) atoms. The van der Waals surface area contributed by atoms with Gasteiger partial charge >= 0.3 is 5.97 Å². The van der Waals surface area contributed by atoms with Crippen LogP contribution in [0.2, 0.25) is 0 Å². The lowest BCUT2D eigenvalue weighted by atomic mass is 9.80. The Bertz CT molecular complexity index is 262. The molecule has 4 nitrogen and oxygen atoms in total. The van der Waals surface area contributed by atoms with Crippen molar-refractivity contribution in [3.63, 3.8) is 0 Å². The standard InChI is InChI=1S/C13H24O4/c1-5-16-12(15)9(2)11(14)10-6-7-17-13(3,4)8-10/h9-11,14H,5-8H2,1-4H3. The van der Waals surface area contributed by atoms with E-state index in [-0.39, 0.29) is 17.5 Å². The van der Waals surface area contributed by atoms with Crippen molar-refractivity contribution in [1.82, 2.24) is 0 Å². The maximum absolute atomic E-state index is 11.6. The zero-order valence-corrected chi connectivity index (χ0v) is 11.2. The number of aliphatic hydroxyl groups is 1. The largest absolute Gasteiger partial charge is 0.466 e. The first kappa shape index (κ1) is 14.5. The van der Waals surface area contributed by atoms with E-state index in [1.165, 1.54) is 0 Å². The Labute approximate surface area is 103 Å². The van der Waals surface area contributed by atoms with Gasteiger partial charge in [-0.05, 0) is 46.5 Å². The maximum atomic E-state index is 11.6. The fraction of sp³-hybridized carbons (Fsp3) is 0.923. The van der Waals surface area contributed by atoms with E-state index >= 15 is 0 Å². The van der Waals surface area contributed by atoms with Crippen LogP contribution in [0.3, 0.4) is 0 Å². The summed E-state index contributed by atoms with van der Waals surface area (Å²) in [6.07, 6.45) is 0.934. The first-order chi connectivity index (χ1) is 7.87. The smallest absolute Gasteiger partial charge is 0.311 e. The number of hydrogen-bond donors (Lipinski definition) is 1. The molecule has 3 unspecified atom stereocenters. The fourth-order valence-electron chi connectivity index (χ4n) is 2.39. The Morgan fingerprint density at radius 1 is 1.59 bits per heavy atom. The van der Waals surface area contributed by atoms with Gasteiger partial charge in [0.2, 0.25) is 0 Å².